The summed E-state index contributed by atoms with van der Waals surface area (Å²) in [5, 5.41) is -0.134. The molecule has 0 atom stereocenters. The van der Waals surface area contributed by atoms with Crippen LogP contribution in [0.5, 0.6) is 0 Å². The Morgan fingerprint density at radius 1 is 1.00 bits per heavy atom. The molecule has 0 aromatic heterocycles. The lowest BCUT2D eigenvalue weighted by atomic mass is 9.88. The molecule has 0 unspecified atom stereocenters. The van der Waals surface area contributed by atoms with Gasteiger partial charge in [-0.3, -0.25) is 0 Å². The Balaban J connectivity index is 0.00000192. The Hall–Kier alpha value is -0.580. The molecule has 2 aliphatic rings. The maximum absolute atomic E-state index is 13.6. The van der Waals surface area contributed by atoms with Crippen LogP contribution in [0.15, 0.2) is 30.3 Å². The minimum Gasteiger partial charge on any atom is -0.306 e. The Morgan fingerprint density at radius 3 is 2.13 bits per heavy atom. The second-order valence-electron chi connectivity index (χ2n) is 6.97. The van der Waals surface area contributed by atoms with Crippen molar-refractivity contribution in [1.29, 1.82) is 0 Å². The lowest BCUT2D eigenvalue weighted by Crippen LogP contribution is -2.49. The van der Waals surface area contributed by atoms with Crippen molar-refractivity contribution in [2.24, 2.45) is 0 Å². The summed E-state index contributed by atoms with van der Waals surface area (Å²) in [6.45, 7) is 1.72. The van der Waals surface area contributed by atoms with E-state index in [-0.39, 0.29) is 17.7 Å². The highest BCUT2D eigenvalue weighted by atomic mass is 35.5. The van der Waals surface area contributed by atoms with E-state index in [4.69, 9.17) is 0 Å². The molecular weight excluding hydrogens is 330 g/mol. The molecule has 3 rings (SSSR count). The third kappa shape index (κ3) is 3.45. The Kier molecular flexibility index (Phi) is 6.15. The molecule has 0 bridgehead atoms. The van der Waals surface area contributed by atoms with Gasteiger partial charge in [-0.25, -0.2) is 8.42 Å². The molecule has 1 aliphatic heterocycles. The fourth-order valence-electron chi connectivity index (χ4n) is 4.15. The second-order valence-corrected chi connectivity index (χ2v) is 9.51. The third-order valence-electron chi connectivity index (χ3n) is 5.63. The Labute approximate surface area is 146 Å². The van der Waals surface area contributed by atoms with E-state index in [0.29, 0.717) is 0 Å². The van der Waals surface area contributed by atoms with Gasteiger partial charge in [-0.2, -0.15) is 0 Å². The molecule has 1 heterocycles. The molecule has 0 radical (unpaired) electrons. The molecule has 0 spiro atoms. The van der Waals surface area contributed by atoms with Crippen LogP contribution in [-0.4, -0.2) is 38.7 Å². The zero-order chi connectivity index (χ0) is 15.6. The number of halogens is 1. The van der Waals surface area contributed by atoms with E-state index >= 15 is 0 Å². The van der Waals surface area contributed by atoms with Crippen molar-refractivity contribution in [1.82, 2.24) is 4.90 Å². The first kappa shape index (κ1) is 18.8. The van der Waals surface area contributed by atoms with Crippen molar-refractivity contribution < 1.29 is 8.42 Å². The first-order chi connectivity index (χ1) is 10.6. The van der Waals surface area contributed by atoms with Crippen LogP contribution in [0.2, 0.25) is 0 Å². The third-order valence-corrected chi connectivity index (χ3v) is 8.71. The van der Waals surface area contributed by atoms with Gasteiger partial charge in [-0.05, 0) is 51.4 Å². The first-order valence-electron chi connectivity index (χ1n) is 8.54. The smallest absolute Gasteiger partial charge is 0.163 e. The van der Waals surface area contributed by atoms with E-state index < -0.39 is 14.6 Å². The largest absolute Gasteiger partial charge is 0.306 e. The molecule has 130 valence electrons. The number of hydrogen-bond donors (Lipinski definition) is 0. The van der Waals surface area contributed by atoms with E-state index in [2.05, 4.69) is 11.9 Å². The predicted molar refractivity (Wildman–Crippen MR) is 97.9 cm³/mol. The standard InChI is InChI=1S/C18H27NO2S.ClH/c1-19-14-12-18(13-15-19,16-8-4-2-5-9-16)22(20,21)17-10-6-3-7-11-17;/h2,4-5,8-9,17H,3,6-7,10-15H2,1H3;1H. The predicted octanol–water partition coefficient (Wildman–Crippen LogP) is 3.78. The van der Waals surface area contributed by atoms with Gasteiger partial charge in [0.2, 0.25) is 0 Å². The second kappa shape index (κ2) is 7.54. The lowest BCUT2D eigenvalue weighted by Gasteiger charge is -2.43. The zero-order valence-electron chi connectivity index (χ0n) is 13.9. The van der Waals surface area contributed by atoms with Gasteiger partial charge in [0.1, 0.15) is 0 Å². The maximum Gasteiger partial charge on any atom is 0.163 e. The molecule has 0 amide bonds. The van der Waals surface area contributed by atoms with E-state index in [0.717, 1.165) is 57.2 Å². The summed E-state index contributed by atoms with van der Waals surface area (Å²) in [5.41, 5.74) is 1.01. The number of sulfone groups is 1. The van der Waals surface area contributed by atoms with Crippen molar-refractivity contribution in [3.63, 3.8) is 0 Å². The van der Waals surface area contributed by atoms with Gasteiger partial charge in [0.25, 0.3) is 0 Å². The van der Waals surface area contributed by atoms with Crippen LogP contribution in [0.1, 0.15) is 50.5 Å². The van der Waals surface area contributed by atoms with Gasteiger partial charge in [-0.15, -0.1) is 12.4 Å². The molecule has 0 N–H and O–H groups in total. The van der Waals surface area contributed by atoms with Crippen LogP contribution in [0.4, 0.5) is 0 Å². The Morgan fingerprint density at radius 2 is 1.57 bits per heavy atom. The molecule has 23 heavy (non-hydrogen) atoms. The van der Waals surface area contributed by atoms with Crippen LogP contribution >= 0.6 is 12.4 Å². The average Bonchev–Trinajstić information content (AvgIpc) is 2.57. The van der Waals surface area contributed by atoms with Gasteiger partial charge < -0.3 is 4.90 Å². The molecule has 5 heteroatoms. The summed E-state index contributed by atoms with van der Waals surface area (Å²) < 4.78 is 26.4. The Bertz CT molecular complexity index is 589. The monoisotopic (exact) mass is 357 g/mol. The average molecular weight is 358 g/mol. The SMILES string of the molecule is CN1CCC(c2ccccc2)(S(=O)(=O)C2CCCCC2)CC1.Cl. The van der Waals surface area contributed by atoms with Crippen LogP contribution < -0.4 is 0 Å². The number of piperidine rings is 1. The van der Waals surface area contributed by atoms with Crippen molar-refractivity contribution in [2.45, 2.75) is 54.9 Å². The zero-order valence-corrected chi connectivity index (χ0v) is 15.5. The molecule has 2 fully saturated rings. The van der Waals surface area contributed by atoms with Gasteiger partial charge >= 0.3 is 0 Å². The summed E-state index contributed by atoms with van der Waals surface area (Å²) in [7, 11) is -1.06. The topological polar surface area (TPSA) is 37.4 Å². The first-order valence-corrected chi connectivity index (χ1v) is 10.1. The highest BCUT2D eigenvalue weighted by Gasteiger charge is 2.50. The fraction of sp³-hybridized carbons (Fsp3) is 0.667. The number of nitrogens with zero attached hydrogens (tertiary/aromatic N) is 1. The molecule has 3 nitrogen and oxygen atoms in total. The number of rotatable bonds is 3. The minimum atomic E-state index is -3.15. The highest BCUT2D eigenvalue weighted by Crippen LogP contribution is 2.44. The summed E-state index contributed by atoms with van der Waals surface area (Å²) in [5.74, 6) is 0. The molecular formula is C18H28ClNO2S. The van der Waals surface area contributed by atoms with Crippen LogP contribution in [0, 0.1) is 0 Å². The van der Waals surface area contributed by atoms with Crippen LogP contribution in [0.25, 0.3) is 0 Å². The lowest BCUT2D eigenvalue weighted by molar-refractivity contribution is 0.231. The van der Waals surface area contributed by atoms with Crippen LogP contribution in [-0.2, 0) is 14.6 Å². The van der Waals surface area contributed by atoms with Gasteiger partial charge in [0.15, 0.2) is 9.84 Å². The van der Waals surface area contributed by atoms with Crippen molar-refractivity contribution in [3.05, 3.63) is 35.9 Å². The molecule has 1 saturated carbocycles. The van der Waals surface area contributed by atoms with Gasteiger partial charge in [0.05, 0.1) is 10.00 Å². The van der Waals surface area contributed by atoms with Gasteiger partial charge in [0, 0.05) is 0 Å². The molecule has 1 aromatic rings. The minimum absolute atomic E-state index is 0. The summed E-state index contributed by atoms with van der Waals surface area (Å²) in [6, 6.07) is 9.97. The maximum atomic E-state index is 13.6. The van der Waals surface area contributed by atoms with E-state index in [9.17, 15) is 8.42 Å². The summed E-state index contributed by atoms with van der Waals surface area (Å²) in [6.07, 6.45) is 6.48. The summed E-state index contributed by atoms with van der Waals surface area (Å²) in [4.78, 5) is 2.25. The van der Waals surface area contributed by atoms with Crippen LogP contribution in [0.3, 0.4) is 0 Å². The van der Waals surface area contributed by atoms with E-state index in [1.807, 2.05) is 30.3 Å². The quantitative estimate of drug-likeness (QED) is 0.826. The summed E-state index contributed by atoms with van der Waals surface area (Å²) >= 11 is 0. The highest BCUT2D eigenvalue weighted by molar-refractivity contribution is 7.93. The fourth-order valence-corrected chi connectivity index (χ4v) is 6.96. The van der Waals surface area contributed by atoms with Gasteiger partial charge in [-0.1, -0.05) is 49.6 Å². The number of likely N-dealkylation sites (tertiary alicyclic amines) is 1. The van der Waals surface area contributed by atoms with E-state index in [1.54, 1.807) is 0 Å². The molecule has 1 saturated heterocycles. The normalized spacial score (nSPS) is 23.2. The molecule has 1 aromatic carbocycles. The van der Waals surface area contributed by atoms with Crippen molar-refractivity contribution >= 4 is 22.2 Å². The van der Waals surface area contributed by atoms with Crippen molar-refractivity contribution in [2.75, 3.05) is 20.1 Å². The number of benzene rings is 1. The molecule has 1 aliphatic carbocycles. The number of hydrogen-bond acceptors (Lipinski definition) is 3. The van der Waals surface area contributed by atoms with Crippen molar-refractivity contribution in [3.8, 4) is 0 Å². The van der Waals surface area contributed by atoms with E-state index in [1.165, 1.54) is 6.42 Å².